The van der Waals surface area contributed by atoms with Gasteiger partial charge in [-0.05, 0) is 56.4 Å². The molecule has 41 heavy (non-hydrogen) atoms. The zero-order valence-corrected chi connectivity index (χ0v) is 24.8. The van der Waals surface area contributed by atoms with Crippen LogP contribution in [-0.4, -0.2) is 49.1 Å². The Morgan fingerprint density at radius 1 is 1.10 bits per heavy atom. The van der Waals surface area contributed by atoms with E-state index in [9.17, 15) is 18.0 Å². The predicted molar refractivity (Wildman–Crippen MR) is 158 cm³/mol. The Labute approximate surface area is 241 Å². The molecule has 0 atom stereocenters. The minimum atomic E-state index is -4.04. The summed E-state index contributed by atoms with van der Waals surface area (Å²) in [7, 11) is -2.61. The van der Waals surface area contributed by atoms with Crippen molar-refractivity contribution in [1.82, 2.24) is 10.1 Å². The molecule has 0 N–H and O–H groups in total. The van der Waals surface area contributed by atoms with E-state index in [1.54, 1.807) is 49.1 Å². The number of amidine groups is 1. The third-order valence-electron chi connectivity index (χ3n) is 8.31. The molecule has 3 aromatic rings. The normalized spacial score (nSPS) is 16.4. The number of rotatable bonds is 10. The number of carbonyl (C=O) groups is 2. The lowest BCUT2D eigenvalue weighted by atomic mass is 9.96. The highest BCUT2D eigenvalue weighted by molar-refractivity contribution is 7.93. The van der Waals surface area contributed by atoms with Crippen molar-refractivity contribution in [2.24, 2.45) is 4.99 Å². The maximum atomic E-state index is 13.8. The molecule has 1 fully saturated rings. The van der Waals surface area contributed by atoms with Crippen molar-refractivity contribution in [3.05, 3.63) is 64.9 Å². The van der Waals surface area contributed by atoms with Gasteiger partial charge < -0.3 is 4.52 Å². The van der Waals surface area contributed by atoms with Gasteiger partial charge in [0.15, 0.2) is 12.1 Å². The fourth-order valence-electron chi connectivity index (χ4n) is 5.81. The van der Waals surface area contributed by atoms with Crippen molar-refractivity contribution < 1.29 is 22.5 Å². The standard InChI is InChI=1S/C31H36N4O5S/c1-5-6-13-28-32-31(16-9-10-17-31)30(37)35(28)19-23-14-15-25(24(18-23)20-36)26-11-7-8-12-27(26)41(38,39)34(4)29-21(2)22(3)40-33-29/h7-8,11-12,14-15,18,20H,5-6,9-10,13,16-17,19H2,1-4H3. The Balaban J connectivity index is 1.48. The average molecular weight is 577 g/mol. The van der Waals surface area contributed by atoms with Crippen LogP contribution in [0.3, 0.4) is 0 Å². The van der Waals surface area contributed by atoms with Gasteiger partial charge in [0.2, 0.25) is 0 Å². The average Bonchev–Trinajstić information content (AvgIpc) is 3.66. The van der Waals surface area contributed by atoms with E-state index >= 15 is 0 Å². The van der Waals surface area contributed by atoms with Crippen LogP contribution < -0.4 is 4.31 Å². The second kappa shape index (κ2) is 11.2. The predicted octanol–water partition coefficient (Wildman–Crippen LogP) is 5.84. The molecule has 2 aliphatic rings. The van der Waals surface area contributed by atoms with Gasteiger partial charge in [-0.2, -0.15) is 0 Å². The molecule has 10 heteroatoms. The maximum Gasteiger partial charge on any atom is 0.265 e. The van der Waals surface area contributed by atoms with Crippen LogP contribution in [-0.2, 0) is 21.4 Å². The quantitative estimate of drug-likeness (QED) is 0.280. The zero-order chi connectivity index (χ0) is 29.4. The van der Waals surface area contributed by atoms with E-state index in [4.69, 9.17) is 9.52 Å². The highest BCUT2D eigenvalue weighted by Crippen LogP contribution is 2.40. The summed E-state index contributed by atoms with van der Waals surface area (Å²) in [6.45, 7) is 5.91. The van der Waals surface area contributed by atoms with Crippen molar-refractivity contribution >= 4 is 33.9 Å². The number of aldehydes is 1. The largest absolute Gasteiger partial charge is 0.359 e. The van der Waals surface area contributed by atoms with Crippen molar-refractivity contribution in [1.29, 1.82) is 0 Å². The van der Waals surface area contributed by atoms with Gasteiger partial charge in [0.25, 0.3) is 15.9 Å². The van der Waals surface area contributed by atoms with E-state index in [1.807, 2.05) is 6.07 Å². The van der Waals surface area contributed by atoms with Crippen LogP contribution in [0, 0.1) is 13.8 Å². The number of amides is 1. The van der Waals surface area contributed by atoms with Crippen LogP contribution in [0.25, 0.3) is 11.1 Å². The Bertz CT molecular complexity index is 1620. The van der Waals surface area contributed by atoms with Crippen molar-refractivity contribution in [3.8, 4) is 11.1 Å². The Kier molecular flexibility index (Phi) is 7.87. The monoisotopic (exact) mass is 576 g/mol. The lowest BCUT2D eigenvalue weighted by molar-refractivity contribution is -0.131. The Morgan fingerprint density at radius 3 is 2.49 bits per heavy atom. The number of aliphatic imine (C=N–C) groups is 1. The molecule has 1 spiro atoms. The third kappa shape index (κ3) is 5.09. The first kappa shape index (κ1) is 28.7. The number of hydrogen-bond donors (Lipinski definition) is 0. The highest BCUT2D eigenvalue weighted by Gasteiger charge is 2.49. The molecule has 1 aliphatic heterocycles. The van der Waals surface area contributed by atoms with E-state index in [-0.39, 0.29) is 16.6 Å². The van der Waals surface area contributed by atoms with Crippen LogP contribution in [0.5, 0.6) is 0 Å². The molecule has 5 rings (SSSR count). The van der Waals surface area contributed by atoms with Crippen LogP contribution in [0.15, 0.2) is 56.9 Å². The number of anilines is 1. The van der Waals surface area contributed by atoms with Gasteiger partial charge in [-0.1, -0.05) is 61.7 Å². The Hall–Kier alpha value is -3.79. The van der Waals surface area contributed by atoms with Crippen LogP contribution >= 0.6 is 0 Å². The molecule has 0 bridgehead atoms. The number of nitrogens with zero attached hydrogens (tertiary/aromatic N) is 4. The van der Waals surface area contributed by atoms with Crippen molar-refractivity contribution in [3.63, 3.8) is 0 Å². The lowest BCUT2D eigenvalue weighted by Crippen LogP contribution is -2.40. The number of carbonyl (C=O) groups excluding carboxylic acids is 2. The van der Waals surface area contributed by atoms with E-state index in [1.165, 1.54) is 13.1 Å². The van der Waals surface area contributed by atoms with E-state index in [0.717, 1.165) is 66.9 Å². The van der Waals surface area contributed by atoms with Crippen LogP contribution in [0.2, 0.25) is 0 Å². The van der Waals surface area contributed by atoms with Crippen molar-refractivity contribution in [2.75, 3.05) is 11.4 Å². The van der Waals surface area contributed by atoms with Crippen LogP contribution in [0.4, 0.5) is 5.82 Å². The maximum absolute atomic E-state index is 13.8. The molecule has 2 heterocycles. The fraction of sp³-hybridized carbons (Fsp3) is 0.419. The summed E-state index contributed by atoms with van der Waals surface area (Å²) in [5.74, 6) is 1.62. The zero-order valence-electron chi connectivity index (χ0n) is 24.0. The smallest absolute Gasteiger partial charge is 0.265 e. The number of sulfonamides is 1. The number of unbranched alkanes of at least 4 members (excludes halogenated alkanes) is 1. The highest BCUT2D eigenvalue weighted by atomic mass is 32.2. The number of benzene rings is 2. The first-order valence-corrected chi connectivity index (χ1v) is 15.6. The van der Waals surface area contributed by atoms with Gasteiger partial charge in [-0.15, -0.1) is 0 Å². The molecular formula is C31H36N4O5S. The van der Waals surface area contributed by atoms with Crippen LogP contribution in [0.1, 0.15) is 79.1 Å². The van der Waals surface area contributed by atoms with E-state index < -0.39 is 15.6 Å². The molecule has 216 valence electrons. The molecule has 2 aromatic carbocycles. The summed E-state index contributed by atoms with van der Waals surface area (Å²) in [4.78, 5) is 32.7. The summed E-state index contributed by atoms with van der Waals surface area (Å²) < 4.78 is 33.8. The van der Waals surface area contributed by atoms with E-state index in [0.29, 0.717) is 34.6 Å². The summed E-state index contributed by atoms with van der Waals surface area (Å²) in [5.41, 5.74) is 2.02. The summed E-state index contributed by atoms with van der Waals surface area (Å²) >= 11 is 0. The van der Waals surface area contributed by atoms with Gasteiger partial charge in [0.1, 0.15) is 17.1 Å². The molecular weight excluding hydrogens is 540 g/mol. The molecule has 0 saturated heterocycles. The molecule has 0 unspecified atom stereocenters. The summed E-state index contributed by atoms with van der Waals surface area (Å²) in [6.07, 6.45) is 6.99. The topological polar surface area (TPSA) is 113 Å². The Morgan fingerprint density at radius 2 is 1.83 bits per heavy atom. The molecule has 1 aromatic heterocycles. The molecule has 1 aliphatic carbocycles. The summed E-state index contributed by atoms with van der Waals surface area (Å²) in [5, 5.41) is 3.93. The molecule has 1 saturated carbocycles. The third-order valence-corrected chi connectivity index (χ3v) is 10.1. The number of aromatic nitrogens is 1. The number of aryl methyl sites for hydroxylation is 1. The van der Waals surface area contributed by atoms with Gasteiger partial charge in [-0.3, -0.25) is 19.5 Å². The first-order valence-electron chi connectivity index (χ1n) is 14.1. The summed E-state index contributed by atoms with van der Waals surface area (Å²) in [6, 6.07) is 11.9. The first-order chi connectivity index (χ1) is 19.6. The van der Waals surface area contributed by atoms with Gasteiger partial charge in [0.05, 0.1) is 11.4 Å². The fourth-order valence-corrected chi connectivity index (χ4v) is 7.21. The second-order valence-electron chi connectivity index (χ2n) is 11.0. The lowest BCUT2D eigenvalue weighted by Gasteiger charge is -2.23. The minimum absolute atomic E-state index is 0.0466. The molecule has 9 nitrogen and oxygen atoms in total. The second-order valence-corrected chi connectivity index (χ2v) is 12.9. The van der Waals surface area contributed by atoms with Gasteiger partial charge >= 0.3 is 0 Å². The van der Waals surface area contributed by atoms with Gasteiger partial charge in [-0.25, -0.2) is 12.7 Å². The molecule has 0 radical (unpaired) electrons. The SMILES string of the molecule is CCCCC1=NC2(CCCC2)C(=O)N1Cc1ccc(-c2ccccc2S(=O)(=O)N(C)c2noc(C)c2C)c(C=O)c1. The molecule has 1 amide bonds. The van der Waals surface area contributed by atoms with Crippen molar-refractivity contribution in [2.45, 2.75) is 82.7 Å². The minimum Gasteiger partial charge on any atom is -0.359 e. The number of hydrogen-bond acceptors (Lipinski definition) is 7. The van der Waals surface area contributed by atoms with E-state index in [2.05, 4.69) is 12.1 Å². The van der Waals surface area contributed by atoms with Gasteiger partial charge in [0, 0.05) is 30.2 Å².